The van der Waals surface area contributed by atoms with Crippen molar-refractivity contribution >= 4 is 34.6 Å². The van der Waals surface area contributed by atoms with E-state index in [1.807, 2.05) is 18.0 Å². The second-order valence-corrected chi connectivity index (χ2v) is 11.1. The molecule has 38 heavy (non-hydrogen) atoms. The van der Waals surface area contributed by atoms with Crippen LogP contribution < -0.4 is 10.6 Å². The third-order valence-corrected chi connectivity index (χ3v) is 8.35. The van der Waals surface area contributed by atoms with Crippen LogP contribution in [0.3, 0.4) is 0 Å². The van der Waals surface area contributed by atoms with Gasteiger partial charge in [0.1, 0.15) is 17.2 Å². The predicted octanol–water partition coefficient (Wildman–Crippen LogP) is 3.85. The highest BCUT2D eigenvalue weighted by molar-refractivity contribution is 5.98. The zero-order chi connectivity index (χ0) is 25.7. The number of nitrogens with zero attached hydrogens (tertiary/aromatic N) is 6. The molecular weight excluding hydrogens is 480 g/mol. The first-order valence-corrected chi connectivity index (χ1v) is 13.1. The highest BCUT2D eigenvalue weighted by atomic mass is 16.2. The molecule has 1 aliphatic heterocycles. The van der Waals surface area contributed by atoms with Crippen LogP contribution in [0.2, 0.25) is 0 Å². The molecule has 3 aromatic rings. The standard InChI is InChI=1S/C27H34N8O2.CH4/c1-33(2)25(37)21-10-18-14-30-26(32-23(18)35(21)19-6-4-5-7-19)31-22-9-8-17(13-29-22)24(36)34(3)20-11-27(12-20)15-28-16-27;/h8-10,13-14,19-20,28H,4-7,11-12,15-16H2,1-3H3,(H,29,30,31,32);1H4. The van der Waals surface area contributed by atoms with Crippen LogP contribution in [0, 0.1) is 5.41 Å². The smallest absolute Gasteiger partial charge is 0.270 e. The van der Waals surface area contributed by atoms with Crippen molar-refractivity contribution in [2.24, 2.45) is 5.41 Å². The molecule has 10 nitrogen and oxygen atoms in total. The van der Waals surface area contributed by atoms with Crippen LogP contribution in [0.5, 0.6) is 0 Å². The lowest BCUT2D eigenvalue weighted by molar-refractivity contribution is -0.0195. The van der Waals surface area contributed by atoms with Crippen molar-refractivity contribution < 1.29 is 9.59 Å². The van der Waals surface area contributed by atoms with Crippen molar-refractivity contribution in [1.29, 1.82) is 0 Å². The molecule has 1 spiro atoms. The average molecular weight is 519 g/mol. The maximum atomic E-state index is 13.0. The van der Waals surface area contributed by atoms with Crippen LogP contribution in [0.1, 0.15) is 72.8 Å². The van der Waals surface area contributed by atoms with Gasteiger partial charge in [0.2, 0.25) is 5.95 Å². The zero-order valence-corrected chi connectivity index (χ0v) is 21.7. The Labute approximate surface area is 223 Å². The third-order valence-electron chi connectivity index (χ3n) is 8.35. The number of hydrogen-bond acceptors (Lipinski definition) is 7. The van der Waals surface area contributed by atoms with Gasteiger partial charge in [-0.15, -0.1) is 0 Å². The summed E-state index contributed by atoms with van der Waals surface area (Å²) < 4.78 is 2.09. The Balaban J connectivity index is 0.00000294. The molecule has 4 heterocycles. The lowest BCUT2D eigenvalue weighted by Crippen LogP contribution is -2.65. The molecular formula is C28H38N8O2. The Morgan fingerprint density at radius 1 is 1.05 bits per heavy atom. The molecule has 0 aromatic carbocycles. The largest absolute Gasteiger partial charge is 0.343 e. The first-order valence-electron chi connectivity index (χ1n) is 13.1. The SMILES string of the molecule is C.CN(C)C(=O)c1cc2cnc(Nc3ccc(C(=O)N(C)C4CC5(CNC5)C4)cn3)nc2n1C1CCCC1. The van der Waals surface area contributed by atoms with Crippen molar-refractivity contribution in [3.05, 3.63) is 41.9 Å². The van der Waals surface area contributed by atoms with Crippen LogP contribution in [-0.4, -0.2) is 81.4 Å². The summed E-state index contributed by atoms with van der Waals surface area (Å²) >= 11 is 0. The highest BCUT2D eigenvalue weighted by Gasteiger charge is 2.50. The molecule has 2 N–H and O–H groups in total. The number of pyridine rings is 1. The summed E-state index contributed by atoms with van der Waals surface area (Å²) in [5, 5.41) is 7.35. The van der Waals surface area contributed by atoms with Crippen molar-refractivity contribution in [3.63, 3.8) is 0 Å². The number of carbonyl (C=O) groups is 2. The van der Waals surface area contributed by atoms with Gasteiger partial charge in [0.15, 0.2) is 0 Å². The first-order chi connectivity index (χ1) is 17.8. The Kier molecular flexibility index (Phi) is 6.85. The van der Waals surface area contributed by atoms with Gasteiger partial charge in [-0.3, -0.25) is 9.59 Å². The topological polar surface area (TPSA) is 108 Å². The molecule has 0 atom stereocenters. The van der Waals surface area contributed by atoms with Gasteiger partial charge in [0, 0.05) is 64.1 Å². The van der Waals surface area contributed by atoms with E-state index in [2.05, 4.69) is 25.2 Å². The summed E-state index contributed by atoms with van der Waals surface area (Å²) in [7, 11) is 5.42. The summed E-state index contributed by atoms with van der Waals surface area (Å²) in [5.74, 6) is 0.931. The van der Waals surface area contributed by atoms with Gasteiger partial charge in [-0.1, -0.05) is 20.3 Å². The quantitative estimate of drug-likeness (QED) is 0.510. The Morgan fingerprint density at radius 2 is 1.79 bits per heavy atom. The van der Waals surface area contributed by atoms with E-state index >= 15 is 0 Å². The van der Waals surface area contributed by atoms with Crippen molar-refractivity contribution in [2.75, 3.05) is 39.5 Å². The van der Waals surface area contributed by atoms with E-state index in [9.17, 15) is 9.59 Å². The van der Waals surface area contributed by atoms with E-state index in [0.29, 0.717) is 34.5 Å². The van der Waals surface area contributed by atoms with Gasteiger partial charge in [0.25, 0.3) is 11.8 Å². The van der Waals surface area contributed by atoms with Gasteiger partial charge in [-0.2, -0.15) is 4.98 Å². The molecule has 0 bridgehead atoms. The molecule has 202 valence electrons. The van der Waals surface area contributed by atoms with Crippen molar-refractivity contribution in [2.45, 2.75) is 58.0 Å². The second-order valence-electron chi connectivity index (χ2n) is 11.1. The number of anilines is 2. The number of nitrogens with one attached hydrogen (secondary N) is 2. The molecule has 3 fully saturated rings. The van der Waals surface area contributed by atoms with E-state index < -0.39 is 0 Å². The fourth-order valence-corrected chi connectivity index (χ4v) is 6.05. The van der Waals surface area contributed by atoms with Gasteiger partial charge in [-0.25, -0.2) is 9.97 Å². The van der Waals surface area contributed by atoms with E-state index in [0.717, 1.165) is 62.6 Å². The maximum absolute atomic E-state index is 13.0. The number of fused-ring (bicyclic) bond motifs is 1. The molecule has 3 aromatic heterocycles. The number of rotatable bonds is 6. The Bertz CT molecular complexity index is 1330. The fraction of sp³-hybridized carbons (Fsp3) is 0.536. The minimum atomic E-state index is -0.0345. The number of carbonyl (C=O) groups excluding carboxylic acids is 2. The van der Waals surface area contributed by atoms with E-state index in [-0.39, 0.29) is 25.3 Å². The van der Waals surface area contributed by atoms with E-state index in [4.69, 9.17) is 4.98 Å². The minimum absolute atomic E-state index is 0. The van der Waals surface area contributed by atoms with Crippen molar-refractivity contribution in [3.8, 4) is 0 Å². The summed E-state index contributed by atoms with van der Waals surface area (Å²) in [5.41, 5.74) is 2.39. The lowest BCUT2D eigenvalue weighted by atomic mass is 9.61. The van der Waals surface area contributed by atoms with Crippen LogP contribution in [-0.2, 0) is 0 Å². The number of amides is 2. The molecule has 2 amide bonds. The Hall–Kier alpha value is -3.53. The van der Waals surface area contributed by atoms with Gasteiger partial charge in [-0.05, 0) is 49.3 Å². The monoisotopic (exact) mass is 518 g/mol. The maximum Gasteiger partial charge on any atom is 0.270 e. The normalized spacial score (nSPS) is 18.5. The molecule has 0 radical (unpaired) electrons. The first kappa shape index (κ1) is 26.1. The lowest BCUT2D eigenvalue weighted by Gasteiger charge is -2.56. The molecule has 1 saturated heterocycles. The molecule has 6 rings (SSSR count). The zero-order valence-electron chi connectivity index (χ0n) is 21.7. The highest BCUT2D eigenvalue weighted by Crippen LogP contribution is 2.46. The summed E-state index contributed by atoms with van der Waals surface area (Å²) in [4.78, 5) is 43.0. The molecule has 2 aliphatic carbocycles. The predicted molar refractivity (Wildman–Crippen MR) is 148 cm³/mol. The molecule has 10 heteroatoms. The summed E-state index contributed by atoms with van der Waals surface area (Å²) in [6, 6.07) is 6.02. The summed E-state index contributed by atoms with van der Waals surface area (Å²) in [6.07, 6.45) is 9.87. The van der Waals surface area contributed by atoms with Crippen LogP contribution in [0.4, 0.5) is 11.8 Å². The third kappa shape index (κ3) is 4.51. The molecule has 3 aliphatic rings. The Morgan fingerprint density at radius 3 is 2.39 bits per heavy atom. The summed E-state index contributed by atoms with van der Waals surface area (Å²) in [6.45, 7) is 2.14. The second kappa shape index (κ2) is 9.98. The van der Waals surface area contributed by atoms with Gasteiger partial charge in [0.05, 0.1) is 5.56 Å². The number of hydrogen-bond donors (Lipinski definition) is 2. The van der Waals surface area contributed by atoms with Crippen LogP contribution in [0.25, 0.3) is 11.0 Å². The fourth-order valence-electron chi connectivity index (χ4n) is 6.05. The van der Waals surface area contributed by atoms with Gasteiger partial charge < -0.3 is 25.0 Å². The minimum Gasteiger partial charge on any atom is -0.343 e. The number of aromatic nitrogens is 4. The van der Waals surface area contributed by atoms with Crippen LogP contribution in [0.15, 0.2) is 30.6 Å². The van der Waals surface area contributed by atoms with E-state index in [1.54, 1.807) is 43.5 Å². The van der Waals surface area contributed by atoms with Gasteiger partial charge >= 0.3 is 0 Å². The van der Waals surface area contributed by atoms with E-state index in [1.165, 1.54) is 0 Å². The molecule has 0 unspecified atom stereocenters. The van der Waals surface area contributed by atoms with Crippen molar-refractivity contribution in [1.82, 2.24) is 34.6 Å². The average Bonchev–Trinajstić information content (AvgIpc) is 3.49. The van der Waals surface area contributed by atoms with Crippen LogP contribution >= 0.6 is 0 Å². The molecule has 2 saturated carbocycles.